The van der Waals surface area contributed by atoms with Crippen LogP contribution in [0.2, 0.25) is 0 Å². The summed E-state index contributed by atoms with van der Waals surface area (Å²) in [6.45, 7) is 2.24. The number of rotatable bonds is 2. The smallest absolute Gasteiger partial charge is 0.329 e. The highest BCUT2D eigenvalue weighted by molar-refractivity contribution is 5.60. The van der Waals surface area contributed by atoms with E-state index in [0.29, 0.717) is 5.69 Å². The van der Waals surface area contributed by atoms with E-state index in [0.717, 1.165) is 31.6 Å². The number of H-pyrrole nitrogens is 1. The Morgan fingerprint density at radius 2 is 1.89 bits per heavy atom. The van der Waals surface area contributed by atoms with E-state index in [1.54, 1.807) is 7.05 Å². The molecule has 2 rings (SSSR count). The lowest BCUT2D eigenvalue weighted by molar-refractivity contribution is 0.361. The van der Waals surface area contributed by atoms with Gasteiger partial charge in [-0.25, -0.2) is 4.79 Å². The number of nitrogen functional groups attached to an aromatic ring is 1. The van der Waals surface area contributed by atoms with Crippen LogP contribution in [0, 0.1) is 5.92 Å². The highest BCUT2D eigenvalue weighted by Crippen LogP contribution is 2.26. The summed E-state index contributed by atoms with van der Waals surface area (Å²) in [6.07, 6.45) is 4.37. The van der Waals surface area contributed by atoms with Crippen LogP contribution in [0.4, 0.5) is 11.5 Å². The van der Waals surface area contributed by atoms with E-state index in [1.807, 2.05) is 0 Å². The molecule has 0 bridgehead atoms. The van der Waals surface area contributed by atoms with Crippen LogP contribution in [-0.4, -0.2) is 15.6 Å². The normalized spacial score (nSPS) is 23.9. The van der Waals surface area contributed by atoms with Crippen molar-refractivity contribution >= 4 is 11.5 Å². The molecule has 1 fully saturated rings. The minimum absolute atomic E-state index is 0.197. The molecule has 0 aliphatic heterocycles. The van der Waals surface area contributed by atoms with E-state index >= 15 is 0 Å². The van der Waals surface area contributed by atoms with E-state index < -0.39 is 11.2 Å². The molecule has 0 radical (unpaired) electrons. The molecule has 0 unspecified atom stereocenters. The van der Waals surface area contributed by atoms with Gasteiger partial charge in [0.05, 0.1) is 0 Å². The highest BCUT2D eigenvalue weighted by atomic mass is 16.2. The number of nitrogens with one attached hydrogen (secondary N) is 2. The largest absolute Gasteiger partial charge is 0.383 e. The van der Waals surface area contributed by atoms with Crippen LogP contribution in [-0.2, 0) is 7.05 Å². The van der Waals surface area contributed by atoms with Gasteiger partial charge in [-0.2, -0.15) is 0 Å². The molecule has 0 saturated heterocycles. The number of aromatic nitrogens is 2. The summed E-state index contributed by atoms with van der Waals surface area (Å²) in [7, 11) is 1.54. The summed E-state index contributed by atoms with van der Waals surface area (Å²) >= 11 is 0. The van der Waals surface area contributed by atoms with Gasteiger partial charge >= 0.3 is 5.69 Å². The monoisotopic (exact) mass is 252 g/mol. The van der Waals surface area contributed by atoms with Crippen LogP contribution in [0.1, 0.15) is 32.6 Å². The van der Waals surface area contributed by atoms with Crippen molar-refractivity contribution in [2.75, 3.05) is 11.1 Å². The molecule has 18 heavy (non-hydrogen) atoms. The molecule has 0 atom stereocenters. The van der Waals surface area contributed by atoms with Gasteiger partial charge < -0.3 is 11.1 Å². The summed E-state index contributed by atoms with van der Waals surface area (Å²) in [5.41, 5.74) is 5.20. The number of hydrogen-bond acceptors (Lipinski definition) is 4. The van der Waals surface area contributed by atoms with Crippen LogP contribution >= 0.6 is 0 Å². The van der Waals surface area contributed by atoms with Gasteiger partial charge in [0, 0.05) is 13.1 Å². The molecule has 0 spiro atoms. The third-order valence-electron chi connectivity index (χ3n) is 3.73. The van der Waals surface area contributed by atoms with Gasteiger partial charge in [0.1, 0.15) is 11.5 Å². The fraction of sp³-hybridized carbons (Fsp3) is 0.667. The standard InChI is InChI=1S/C12H20N4O2/c1-7-3-5-8(6-4-7)14-9-10(13)16(2)12(18)15-11(9)17/h7-8,14H,3-6,13H2,1-2H3,(H,15,17,18). The Balaban J connectivity index is 2.22. The molecule has 100 valence electrons. The van der Waals surface area contributed by atoms with Gasteiger partial charge in [-0.05, 0) is 31.6 Å². The average molecular weight is 252 g/mol. The van der Waals surface area contributed by atoms with E-state index in [9.17, 15) is 9.59 Å². The Morgan fingerprint density at radius 1 is 1.28 bits per heavy atom. The first-order valence-corrected chi connectivity index (χ1v) is 6.34. The number of anilines is 2. The fourth-order valence-electron chi connectivity index (χ4n) is 2.38. The number of hydrogen-bond donors (Lipinski definition) is 3. The van der Waals surface area contributed by atoms with Crippen molar-refractivity contribution in [1.82, 2.24) is 9.55 Å². The average Bonchev–Trinajstić information content (AvgIpc) is 2.34. The van der Waals surface area contributed by atoms with Crippen LogP contribution in [0.5, 0.6) is 0 Å². The van der Waals surface area contributed by atoms with Crippen LogP contribution in [0.3, 0.4) is 0 Å². The van der Waals surface area contributed by atoms with Gasteiger partial charge in [-0.15, -0.1) is 0 Å². The van der Waals surface area contributed by atoms with Crippen molar-refractivity contribution in [3.05, 3.63) is 20.8 Å². The molecule has 0 aromatic carbocycles. The number of nitrogens with two attached hydrogens (primary N) is 1. The zero-order chi connectivity index (χ0) is 13.3. The van der Waals surface area contributed by atoms with E-state index in [1.165, 1.54) is 4.57 Å². The molecular weight excluding hydrogens is 232 g/mol. The fourth-order valence-corrected chi connectivity index (χ4v) is 2.38. The first kappa shape index (κ1) is 12.7. The Labute approximate surface area is 105 Å². The topological polar surface area (TPSA) is 92.9 Å². The van der Waals surface area contributed by atoms with Crippen molar-refractivity contribution in [2.24, 2.45) is 13.0 Å². The zero-order valence-electron chi connectivity index (χ0n) is 10.8. The lowest BCUT2D eigenvalue weighted by Gasteiger charge is -2.27. The molecule has 1 aliphatic carbocycles. The first-order valence-electron chi connectivity index (χ1n) is 6.34. The Kier molecular flexibility index (Phi) is 3.45. The quantitative estimate of drug-likeness (QED) is 0.720. The lowest BCUT2D eigenvalue weighted by Crippen LogP contribution is -2.35. The molecule has 4 N–H and O–H groups in total. The second-order valence-corrected chi connectivity index (χ2v) is 5.18. The van der Waals surface area contributed by atoms with E-state index in [-0.39, 0.29) is 11.9 Å². The van der Waals surface area contributed by atoms with Crippen molar-refractivity contribution in [2.45, 2.75) is 38.6 Å². The van der Waals surface area contributed by atoms with E-state index in [2.05, 4.69) is 17.2 Å². The second-order valence-electron chi connectivity index (χ2n) is 5.18. The maximum Gasteiger partial charge on any atom is 0.329 e. The van der Waals surface area contributed by atoms with Crippen LogP contribution in [0.25, 0.3) is 0 Å². The molecule has 6 nitrogen and oxygen atoms in total. The summed E-state index contributed by atoms with van der Waals surface area (Å²) < 4.78 is 1.25. The summed E-state index contributed by atoms with van der Waals surface area (Å²) in [4.78, 5) is 25.3. The summed E-state index contributed by atoms with van der Waals surface area (Å²) in [6, 6.07) is 0.266. The first-order chi connectivity index (χ1) is 8.49. The lowest BCUT2D eigenvalue weighted by atomic mass is 9.87. The maximum atomic E-state index is 11.7. The van der Waals surface area contributed by atoms with Gasteiger partial charge in [-0.1, -0.05) is 6.92 Å². The molecule has 1 saturated carbocycles. The molecule has 1 heterocycles. The van der Waals surface area contributed by atoms with Gasteiger partial charge in [0.2, 0.25) is 0 Å². The molecule has 6 heteroatoms. The van der Waals surface area contributed by atoms with Crippen molar-refractivity contribution in [3.8, 4) is 0 Å². The minimum Gasteiger partial charge on any atom is -0.383 e. The van der Waals surface area contributed by atoms with Gasteiger partial charge in [0.15, 0.2) is 0 Å². The van der Waals surface area contributed by atoms with Crippen LogP contribution in [0.15, 0.2) is 9.59 Å². The molecule has 1 aromatic heterocycles. The minimum atomic E-state index is -0.486. The van der Waals surface area contributed by atoms with Crippen molar-refractivity contribution in [3.63, 3.8) is 0 Å². The second kappa shape index (κ2) is 4.88. The third kappa shape index (κ3) is 2.42. The predicted octanol–water partition coefficient (Wildman–Crippen LogP) is 0.646. The van der Waals surface area contributed by atoms with Crippen molar-refractivity contribution in [1.29, 1.82) is 0 Å². The third-order valence-corrected chi connectivity index (χ3v) is 3.73. The summed E-state index contributed by atoms with van der Waals surface area (Å²) in [5.74, 6) is 0.946. The Morgan fingerprint density at radius 3 is 2.50 bits per heavy atom. The number of aromatic amines is 1. The number of nitrogens with zero attached hydrogens (tertiary/aromatic N) is 1. The predicted molar refractivity (Wildman–Crippen MR) is 71.8 cm³/mol. The summed E-state index contributed by atoms with van der Waals surface area (Å²) in [5, 5.41) is 3.18. The Hall–Kier alpha value is -1.72. The Bertz CT molecular complexity index is 538. The zero-order valence-corrected chi connectivity index (χ0v) is 10.8. The molecule has 0 amide bonds. The highest BCUT2D eigenvalue weighted by Gasteiger charge is 2.20. The van der Waals surface area contributed by atoms with Crippen LogP contribution < -0.4 is 22.3 Å². The molecular formula is C12H20N4O2. The molecule has 1 aliphatic rings. The SMILES string of the molecule is CC1CCC(Nc2c(N)n(C)c(=O)[nH]c2=O)CC1. The van der Waals surface area contributed by atoms with E-state index in [4.69, 9.17) is 5.73 Å². The van der Waals surface area contributed by atoms with Gasteiger partial charge in [-0.3, -0.25) is 14.3 Å². The van der Waals surface area contributed by atoms with Crippen molar-refractivity contribution < 1.29 is 0 Å². The molecule has 1 aromatic rings. The maximum absolute atomic E-state index is 11.7. The van der Waals surface area contributed by atoms with Gasteiger partial charge in [0.25, 0.3) is 5.56 Å².